The molecule has 0 aromatic heterocycles. The van der Waals surface area contributed by atoms with Gasteiger partial charge in [0.15, 0.2) is 5.96 Å². The molecule has 162 valence electrons. The number of hydrogen-bond donors (Lipinski definition) is 1. The van der Waals surface area contributed by atoms with Crippen molar-refractivity contribution in [2.75, 3.05) is 33.4 Å². The van der Waals surface area contributed by atoms with E-state index in [-0.39, 0.29) is 46.8 Å². The van der Waals surface area contributed by atoms with Gasteiger partial charge >= 0.3 is 0 Å². The monoisotopic (exact) mass is 518 g/mol. The maximum absolute atomic E-state index is 10.9. The molecule has 0 bridgehead atoms. The van der Waals surface area contributed by atoms with Crippen molar-refractivity contribution in [3.05, 3.63) is 39.9 Å². The molecule has 3 rings (SSSR count). The molecule has 1 aromatic carbocycles. The number of nitro groups is 1. The molecule has 0 aliphatic carbocycles. The third-order valence-corrected chi connectivity index (χ3v) is 5.32. The average Bonchev–Trinajstić information content (AvgIpc) is 2.74. The Morgan fingerprint density at radius 1 is 1.34 bits per heavy atom. The molecule has 2 heterocycles. The van der Waals surface area contributed by atoms with Gasteiger partial charge in [0.1, 0.15) is 0 Å². The molecule has 0 radical (unpaired) electrons. The first kappa shape index (κ1) is 23.8. The molecule has 1 atom stereocenters. The van der Waals surface area contributed by atoms with Crippen molar-refractivity contribution in [3.8, 4) is 0 Å². The van der Waals surface area contributed by atoms with Gasteiger partial charge in [0, 0.05) is 45.4 Å². The number of nitrogens with one attached hydrogen (secondary N) is 1. The van der Waals surface area contributed by atoms with Gasteiger partial charge in [-0.05, 0) is 37.7 Å². The number of nitrogens with zero attached hydrogens (tertiary/aromatic N) is 3. The molecule has 9 heteroatoms. The van der Waals surface area contributed by atoms with E-state index in [2.05, 4.69) is 15.2 Å². The minimum atomic E-state index is -0.374. The van der Waals surface area contributed by atoms with Gasteiger partial charge in [-0.2, -0.15) is 0 Å². The standard InChI is InChI=1S/C20H30N4O4.HI/c1-21-20(22-14-16-5-4-6-17(13-16)24(25)26)23-10-8-18(9-11-23)28-15-19-7-2-3-12-27-19;/h4-6,13,18-19H,2-3,7-12,14-15H2,1H3,(H,21,22);1H. The van der Waals surface area contributed by atoms with Crippen LogP contribution < -0.4 is 5.32 Å². The van der Waals surface area contributed by atoms with Crippen LogP contribution in [0.5, 0.6) is 0 Å². The largest absolute Gasteiger partial charge is 0.376 e. The van der Waals surface area contributed by atoms with E-state index in [9.17, 15) is 10.1 Å². The summed E-state index contributed by atoms with van der Waals surface area (Å²) in [5.74, 6) is 0.820. The summed E-state index contributed by atoms with van der Waals surface area (Å²) in [7, 11) is 1.76. The van der Waals surface area contributed by atoms with Crippen LogP contribution in [0.15, 0.2) is 29.3 Å². The van der Waals surface area contributed by atoms with E-state index in [1.165, 1.54) is 12.5 Å². The number of guanidine groups is 1. The van der Waals surface area contributed by atoms with Crippen LogP contribution in [-0.2, 0) is 16.0 Å². The van der Waals surface area contributed by atoms with Crippen molar-refractivity contribution in [1.82, 2.24) is 10.2 Å². The fraction of sp³-hybridized carbons (Fsp3) is 0.650. The Labute approximate surface area is 189 Å². The number of non-ortho nitro benzene ring substituents is 1. The number of ether oxygens (including phenoxy) is 2. The zero-order valence-corrected chi connectivity index (χ0v) is 19.2. The SMILES string of the molecule is CN=C(NCc1cccc([N+](=O)[O-])c1)N1CCC(OCC2CCCCO2)CC1.I. The van der Waals surface area contributed by atoms with Gasteiger partial charge in [0.2, 0.25) is 0 Å². The van der Waals surface area contributed by atoms with Gasteiger partial charge in [-0.25, -0.2) is 0 Å². The Kier molecular flexibility index (Phi) is 10.1. The fourth-order valence-electron chi connectivity index (χ4n) is 3.71. The first-order chi connectivity index (χ1) is 13.7. The lowest BCUT2D eigenvalue weighted by Crippen LogP contribution is -2.47. The molecule has 29 heavy (non-hydrogen) atoms. The summed E-state index contributed by atoms with van der Waals surface area (Å²) in [6, 6.07) is 6.67. The maximum Gasteiger partial charge on any atom is 0.269 e. The van der Waals surface area contributed by atoms with E-state index in [4.69, 9.17) is 9.47 Å². The van der Waals surface area contributed by atoms with Crippen LogP contribution in [-0.4, -0.2) is 61.3 Å². The number of rotatable bonds is 6. The topological polar surface area (TPSA) is 89.2 Å². The molecular formula is C20H31IN4O4. The number of nitro benzene ring substituents is 1. The minimum absolute atomic E-state index is 0. The van der Waals surface area contributed by atoms with E-state index in [0.29, 0.717) is 13.2 Å². The lowest BCUT2D eigenvalue weighted by Gasteiger charge is -2.35. The lowest BCUT2D eigenvalue weighted by molar-refractivity contribution is -0.384. The second-order valence-electron chi connectivity index (χ2n) is 7.34. The third-order valence-electron chi connectivity index (χ3n) is 5.32. The number of hydrogen-bond acceptors (Lipinski definition) is 5. The summed E-state index contributed by atoms with van der Waals surface area (Å²) >= 11 is 0. The van der Waals surface area contributed by atoms with E-state index in [1.807, 2.05) is 6.07 Å². The second kappa shape index (κ2) is 12.3. The van der Waals surface area contributed by atoms with Gasteiger partial charge in [0.05, 0.1) is 23.7 Å². The molecule has 1 unspecified atom stereocenters. The van der Waals surface area contributed by atoms with Crippen LogP contribution in [0.4, 0.5) is 5.69 Å². The molecule has 1 aromatic rings. The van der Waals surface area contributed by atoms with E-state index < -0.39 is 0 Å². The van der Waals surface area contributed by atoms with Crippen LogP contribution in [0.1, 0.15) is 37.7 Å². The van der Waals surface area contributed by atoms with Crippen molar-refractivity contribution < 1.29 is 14.4 Å². The maximum atomic E-state index is 10.9. The van der Waals surface area contributed by atoms with Crippen molar-refractivity contribution in [1.29, 1.82) is 0 Å². The number of aliphatic imine (C=N–C) groups is 1. The Morgan fingerprint density at radius 3 is 2.79 bits per heavy atom. The zero-order valence-electron chi connectivity index (χ0n) is 16.9. The molecule has 0 saturated carbocycles. The van der Waals surface area contributed by atoms with Crippen LogP contribution in [0.2, 0.25) is 0 Å². The van der Waals surface area contributed by atoms with Crippen LogP contribution in [0, 0.1) is 10.1 Å². The Hall–Kier alpha value is -1.46. The summed E-state index contributed by atoms with van der Waals surface area (Å²) in [6.45, 7) is 3.82. The first-order valence-corrected chi connectivity index (χ1v) is 10.1. The van der Waals surface area contributed by atoms with Gasteiger partial charge in [0.25, 0.3) is 5.69 Å². The summed E-state index contributed by atoms with van der Waals surface area (Å²) in [6.07, 6.45) is 5.96. The zero-order chi connectivity index (χ0) is 19.8. The number of benzene rings is 1. The van der Waals surface area contributed by atoms with Crippen LogP contribution in [0.3, 0.4) is 0 Å². The van der Waals surface area contributed by atoms with Crippen LogP contribution >= 0.6 is 24.0 Å². The highest BCUT2D eigenvalue weighted by molar-refractivity contribution is 14.0. The second-order valence-corrected chi connectivity index (χ2v) is 7.34. The molecule has 1 N–H and O–H groups in total. The minimum Gasteiger partial charge on any atom is -0.376 e. The highest BCUT2D eigenvalue weighted by atomic mass is 127. The summed E-state index contributed by atoms with van der Waals surface area (Å²) in [4.78, 5) is 17.1. The first-order valence-electron chi connectivity index (χ1n) is 10.1. The van der Waals surface area contributed by atoms with E-state index in [0.717, 1.165) is 56.9 Å². The summed E-state index contributed by atoms with van der Waals surface area (Å²) in [5, 5.41) is 14.2. The highest BCUT2D eigenvalue weighted by Gasteiger charge is 2.23. The van der Waals surface area contributed by atoms with E-state index >= 15 is 0 Å². The summed E-state index contributed by atoms with van der Waals surface area (Å²) in [5.41, 5.74) is 0.968. The predicted octanol–water partition coefficient (Wildman–Crippen LogP) is 3.34. The average molecular weight is 518 g/mol. The van der Waals surface area contributed by atoms with Crippen molar-refractivity contribution in [3.63, 3.8) is 0 Å². The quantitative estimate of drug-likeness (QED) is 0.204. The molecule has 2 aliphatic rings. The molecule has 0 amide bonds. The van der Waals surface area contributed by atoms with Gasteiger partial charge in [-0.15, -0.1) is 24.0 Å². The molecular weight excluding hydrogens is 487 g/mol. The predicted molar refractivity (Wildman–Crippen MR) is 123 cm³/mol. The normalized spacial score (nSPS) is 20.8. The smallest absolute Gasteiger partial charge is 0.269 e. The fourth-order valence-corrected chi connectivity index (χ4v) is 3.71. The number of halogens is 1. The molecule has 2 fully saturated rings. The van der Waals surface area contributed by atoms with Crippen molar-refractivity contribution in [2.45, 2.75) is 50.9 Å². The Bertz CT molecular complexity index is 674. The van der Waals surface area contributed by atoms with Crippen molar-refractivity contribution in [2.24, 2.45) is 4.99 Å². The molecule has 8 nitrogen and oxygen atoms in total. The third kappa shape index (κ3) is 7.38. The Balaban J connectivity index is 0.00000300. The number of piperidine rings is 1. The molecule has 2 aliphatic heterocycles. The molecule has 0 spiro atoms. The van der Waals surface area contributed by atoms with E-state index in [1.54, 1.807) is 19.2 Å². The van der Waals surface area contributed by atoms with Gasteiger partial charge < -0.3 is 19.7 Å². The number of likely N-dealkylation sites (tertiary alicyclic amines) is 1. The lowest BCUT2D eigenvalue weighted by atomic mass is 10.1. The van der Waals surface area contributed by atoms with Crippen molar-refractivity contribution >= 4 is 35.6 Å². The van der Waals surface area contributed by atoms with Gasteiger partial charge in [-0.3, -0.25) is 15.1 Å². The molecule has 2 saturated heterocycles. The highest BCUT2D eigenvalue weighted by Crippen LogP contribution is 2.18. The van der Waals surface area contributed by atoms with Gasteiger partial charge in [-0.1, -0.05) is 12.1 Å². The summed E-state index contributed by atoms with van der Waals surface area (Å²) < 4.78 is 11.8. The Morgan fingerprint density at radius 2 is 2.14 bits per heavy atom. The van der Waals surface area contributed by atoms with Crippen LogP contribution in [0.25, 0.3) is 0 Å².